The number of aromatic nitrogens is 2. The molecule has 0 saturated heterocycles. The van der Waals surface area contributed by atoms with E-state index in [0.717, 1.165) is 36.9 Å². The predicted octanol–water partition coefficient (Wildman–Crippen LogP) is 0.852. The van der Waals surface area contributed by atoms with Crippen LogP contribution in [-0.2, 0) is 37.2 Å². The fraction of sp³-hybridized carbons (Fsp3) is 0.478. The van der Waals surface area contributed by atoms with Gasteiger partial charge in [0, 0.05) is 18.7 Å². The topological polar surface area (TPSA) is 150 Å². The Morgan fingerprint density at radius 3 is 2.56 bits per heavy atom. The zero-order valence-electron chi connectivity index (χ0n) is 19.3. The minimum absolute atomic E-state index is 0.0259. The largest absolute Gasteiger partial charge is 0.349 e. The summed E-state index contributed by atoms with van der Waals surface area (Å²) in [6.07, 6.45) is 4.92. The molecule has 3 rings (SSSR count). The summed E-state index contributed by atoms with van der Waals surface area (Å²) >= 11 is 0. The predicted molar refractivity (Wildman–Crippen MR) is 125 cm³/mol. The van der Waals surface area contributed by atoms with Crippen LogP contribution < -0.4 is 15.4 Å². The van der Waals surface area contributed by atoms with Gasteiger partial charge in [-0.1, -0.05) is 38.5 Å². The summed E-state index contributed by atoms with van der Waals surface area (Å²) in [5.41, 5.74) is 1.59. The number of H-pyrrole nitrogens is 1. The molecule has 2 aromatic rings. The average Bonchev–Trinajstić information content (AvgIpc) is 3.25. The Hall–Kier alpha value is -3.05. The third-order valence-corrected chi connectivity index (χ3v) is 7.22. The van der Waals surface area contributed by atoms with Crippen molar-refractivity contribution in [2.45, 2.75) is 62.9 Å². The quantitative estimate of drug-likeness (QED) is 0.442. The maximum Gasteiger partial charge on any atom is 0.289 e. The number of carbonyl (C=O) groups excluding carboxylic acids is 3. The number of ketones is 1. The first-order valence-electron chi connectivity index (χ1n) is 11.4. The summed E-state index contributed by atoms with van der Waals surface area (Å²) in [7, 11) is -3.98. The Morgan fingerprint density at radius 2 is 1.85 bits per heavy atom. The standard InChI is InChI=1S/C23H31N5O5S/c1-15(2)20(28-34(32,33)17-9-5-3-6-10-17)22(30)26-19-13-16-14-25-27-18(16)11-7-4-8-12-24-23(31)21(19)29/h3,5-6,9-10,14-15,19-20,28H,4,7-8,11-13H2,1-2H3,(H,24,31)(H,25,27)(H,26,30). The number of aromatic amines is 1. The highest BCUT2D eigenvalue weighted by Gasteiger charge is 2.34. The summed E-state index contributed by atoms with van der Waals surface area (Å²) < 4.78 is 28.1. The monoisotopic (exact) mass is 489 g/mol. The Kier molecular flexibility index (Phi) is 8.56. The number of fused-ring (bicyclic) bond motifs is 1. The minimum Gasteiger partial charge on any atom is -0.349 e. The van der Waals surface area contributed by atoms with E-state index in [2.05, 4.69) is 25.6 Å². The molecule has 11 heteroatoms. The maximum absolute atomic E-state index is 13.2. The van der Waals surface area contributed by atoms with Gasteiger partial charge in [0.2, 0.25) is 21.7 Å². The van der Waals surface area contributed by atoms with Crippen molar-refractivity contribution in [2.24, 2.45) is 5.92 Å². The molecule has 1 aliphatic rings. The molecule has 34 heavy (non-hydrogen) atoms. The van der Waals surface area contributed by atoms with Crippen molar-refractivity contribution in [3.8, 4) is 0 Å². The smallest absolute Gasteiger partial charge is 0.289 e. The number of nitrogens with zero attached hydrogens (tertiary/aromatic N) is 1. The van der Waals surface area contributed by atoms with Gasteiger partial charge in [-0.2, -0.15) is 9.82 Å². The SMILES string of the molecule is CC(C)C(NS(=O)(=O)c1ccccc1)C(=O)NC1Cc2cn[nH]c2CCCCCNC(=O)C1=O. The maximum atomic E-state index is 13.2. The number of benzene rings is 1. The van der Waals surface area contributed by atoms with Crippen LogP contribution in [0.25, 0.3) is 0 Å². The summed E-state index contributed by atoms with van der Waals surface area (Å²) in [6, 6.07) is 5.41. The van der Waals surface area contributed by atoms with Crippen LogP contribution in [0, 0.1) is 5.92 Å². The van der Waals surface area contributed by atoms with Gasteiger partial charge in [0.1, 0.15) is 12.1 Å². The van der Waals surface area contributed by atoms with Crippen molar-refractivity contribution in [2.75, 3.05) is 6.54 Å². The number of Topliss-reactive ketones (excluding diaryl/α,β-unsaturated/α-hetero) is 1. The highest BCUT2D eigenvalue weighted by atomic mass is 32.2. The molecular weight excluding hydrogens is 458 g/mol. The molecule has 184 valence electrons. The number of hydrogen-bond acceptors (Lipinski definition) is 6. The molecule has 0 bridgehead atoms. The van der Waals surface area contributed by atoms with Crippen molar-refractivity contribution < 1.29 is 22.8 Å². The Morgan fingerprint density at radius 1 is 1.12 bits per heavy atom. The summed E-state index contributed by atoms with van der Waals surface area (Å²) in [6.45, 7) is 3.76. The fourth-order valence-corrected chi connectivity index (χ4v) is 5.16. The second-order valence-corrected chi connectivity index (χ2v) is 10.4. The van der Waals surface area contributed by atoms with Gasteiger partial charge in [-0.3, -0.25) is 19.5 Å². The van der Waals surface area contributed by atoms with Crippen LogP contribution in [0.15, 0.2) is 41.4 Å². The normalized spacial score (nSPS) is 18.9. The van der Waals surface area contributed by atoms with E-state index in [9.17, 15) is 22.8 Å². The third-order valence-electron chi connectivity index (χ3n) is 5.76. The lowest BCUT2D eigenvalue weighted by Gasteiger charge is -2.25. The van der Waals surface area contributed by atoms with Crippen LogP contribution in [0.3, 0.4) is 0 Å². The van der Waals surface area contributed by atoms with E-state index in [0.29, 0.717) is 6.54 Å². The molecule has 0 radical (unpaired) electrons. The van der Waals surface area contributed by atoms with E-state index < -0.39 is 45.6 Å². The van der Waals surface area contributed by atoms with E-state index in [1.807, 2.05) is 0 Å². The van der Waals surface area contributed by atoms with E-state index >= 15 is 0 Å². The van der Waals surface area contributed by atoms with E-state index in [1.165, 1.54) is 12.1 Å². The van der Waals surface area contributed by atoms with Crippen LogP contribution in [0.5, 0.6) is 0 Å². The van der Waals surface area contributed by atoms with E-state index in [4.69, 9.17) is 0 Å². The number of nitrogens with one attached hydrogen (secondary N) is 4. The highest BCUT2D eigenvalue weighted by molar-refractivity contribution is 7.89. The summed E-state index contributed by atoms with van der Waals surface area (Å²) in [5, 5.41) is 12.2. The molecule has 1 aromatic heterocycles. The molecule has 0 spiro atoms. The Labute approximate surface area is 199 Å². The van der Waals surface area contributed by atoms with Crippen molar-refractivity contribution in [1.29, 1.82) is 0 Å². The highest BCUT2D eigenvalue weighted by Crippen LogP contribution is 2.15. The molecule has 0 aliphatic carbocycles. The second kappa shape index (κ2) is 11.4. The van der Waals surface area contributed by atoms with E-state index in [1.54, 1.807) is 38.2 Å². The molecule has 0 fully saturated rings. The molecule has 10 nitrogen and oxygen atoms in total. The molecule has 2 atom stereocenters. The lowest BCUT2D eigenvalue weighted by atomic mass is 9.98. The number of amides is 2. The van der Waals surface area contributed by atoms with Crippen LogP contribution in [0.2, 0.25) is 0 Å². The Balaban J connectivity index is 1.83. The molecule has 4 N–H and O–H groups in total. The second-order valence-electron chi connectivity index (χ2n) is 8.73. The molecule has 1 aromatic carbocycles. The van der Waals surface area contributed by atoms with Gasteiger partial charge in [-0.25, -0.2) is 8.42 Å². The van der Waals surface area contributed by atoms with E-state index in [-0.39, 0.29) is 11.3 Å². The molecule has 2 amide bonds. The van der Waals surface area contributed by atoms with Gasteiger partial charge in [0.25, 0.3) is 5.91 Å². The van der Waals surface area contributed by atoms with Crippen molar-refractivity contribution in [3.63, 3.8) is 0 Å². The third kappa shape index (κ3) is 6.51. The Bertz CT molecular complexity index is 1110. The number of hydrogen-bond donors (Lipinski definition) is 4. The van der Waals surface area contributed by atoms with Crippen molar-refractivity contribution in [3.05, 3.63) is 47.8 Å². The lowest BCUT2D eigenvalue weighted by Crippen LogP contribution is -2.56. The van der Waals surface area contributed by atoms with Gasteiger partial charge >= 0.3 is 0 Å². The number of aryl methyl sites for hydroxylation is 1. The zero-order chi connectivity index (χ0) is 24.7. The first-order valence-corrected chi connectivity index (χ1v) is 12.9. The fourth-order valence-electron chi connectivity index (χ4n) is 3.80. The van der Waals surface area contributed by atoms with Gasteiger partial charge in [-0.05, 0) is 42.9 Å². The number of sulfonamides is 1. The van der Waals surface area contributed by atoms with Gasteiger partial charge in [0.05, 0.1) is 11.1 Å². The molecule has 1 aliphatic heterocycles. The average molecular weight is 490 g/mol. The van der Waals surface area contributed by atoms with Gasteiger partial charge < -0.3 is 10.6 Å². The first kappa shape index (κ1) is 25.6. The lowest BCUT2D eigenvalue weighted by molar-refractivity contribution is -0.140. The van der Waals surface area contributed by atoms with Crippen LogP contribution in [0.1, 0.15) is 44.4 Å². The summed E-state index contributed by atoms with van der Waals surface area (Å²) in [4.78, 5) is 38.6. The minimum atomic E-state index is -3.98. The summed E-state index contributed by atoms with van der Waals surface area (Å²) in [5.74, 6) is -2.66. The first-order chi connectivity index (χ1) is 16.2. The molecular formula is C23H31N5O5S. The number of carbonyl (C=O) groups is 3. The molecule has 2 unspecified atom stereocenters. The van der Waals surface area contributed by atoms with Crippen molar-refractivity contribution in [1.82, 2.24) is 25.6 Å². The van der Waals surface area contributed by atoms with Crippen LogP contribution in [0.4, 0.5) is 0 Å². The van der Waals surface area contributed by atoms with Gasteiger partial charge in [-0.15, -0.1) is 0 Å². The van der Waals surface area contributed by atoms with Crippen molar-refractivity contribution >= 4 is 27.6 Å². The number of rotatable bonds is 6. The van der Waals surface area contributed by atoms with Crippen LogP contribution >= 0.6 is 0 Å². The molecule has 0 saturated carbocycles. The zero-order valence-corrected chi connectivity index (χ0v) is 20.2. The van der Waals surface area contributed by atoms with Gasteiger partial charge in [0.15, 0.2) is 0 Å². The molecule has 2 heterocycles. The van der Waals surface area contributed by atoms with Crippen LogP contribution in [-0.4, -0.2) is 54.8 Å².